The van der Waals surface area contributed by atoms with Crippen LogP contribution in [0.2, 0.25) is 0 Å². The summed E-state index contributed by atoms with van der Waals surface area (Å²) in [5.41, 5.74) is 1.95. The van der Waals surface area contributed by atoms with Gasteiger partial charge in [-0.1, -0.05) is 48.2 Å². The van der Waals surface area contributed by atoms with Crippen molar-refractivity contribution in [3.05, 3.63) is 66.5 Å². The molecule has 0 N–H and O–H groups in total. The summed E-state index contributed by atoms with van der Waals surface area (Å²) in [4.78, 5) is 17.4. The van der Waals surface area contributed by atoms with E-state index in [0.717, 1.165) is 42.0 Å². The second-order valence-electron chi connectivity index (χ2n) is 8.03. The number of benzene rings is 2. The second-order valence-corrected chi connectivity index (χ2v) is 8.98. The van der Waals surface area contributed by atoms with Crippen molar-refractivity contribution in [1.82, 2.24) is 19.7 Å². The maximum Gasteiger partial charge on any atom is 0.237 e. The Bertz CT molecular complexity index is 984. The highest BCUT2D eigenvalue weighted by Gasteiger charge is 2.23. The van der Waals surface area contributed by atoms with Gasteiger partial charge < -0.3 is 4.90 Å². The van der Waals surface area contributed by atoms with Gasteiger partial charge >= 0.3 is 0 Å². The summed E-state index contributed by atoms with van der Waals surface area (Å²) in [7, 11) is 0. The molecule has 3 aromatic rings. The smallest absolute Gasteiger partial charge is 0.237 e. The molecule has 0 atom stereocenters. The number of anilines is 1. The van der Waals surface area contributed by atoms with Gasteiger partial charge in [-0.15, -0.1) is 10.2 Å². The number of rotatable bonds is 8. The molecule has 6 nitrogen and oxygen atoms in total. The number of carbonyl (C=O) groups excluding carboxylic acids is 1. The van der Waals surface area contributed by atoms with Crippen LogP contribution in [0, 0.1) is 0 Å². The largest absolute Gasteiger partial charge is 0.309 e. The normalized spacial score (nSPS) is 14.3. The van der Waals surface area contributed by atoms with Gasteiger partial charge in [0.05, 0.1) is 12.3 Å². The first kappa shape index (κ1) is 21.6. The van der Waals surface area contributed by atoms with Gasteiger partial charge in [-0.05, 0) is 64.0 Å². The maximum atomic E-state index is 13.1. The number of hydrogen-bond acceptors (Lipinski definition) is 5. The molecule has 7 heteroatoms. The summed E-state index contributed by atoms with van der Waals surface area (Å²) in [5.74, 6) is 1.30. The second kappa shape index (κ2) is 10.1. The molecule has 0 saturated carbocycles. The quantitative estimate of drug-likeness (QED) is 0.491. The zero-order valence-corrected chi connectivity index (χ0v) is 19.0. The molecule has 2 heterocycles. The molecule has 0 bridgehead atoms. The van der Waals surface area contributed by atoms with Gasteiger partial charge in [0.15, 0.2) is 11.0 Å². The van der Waals surface area contributed by atoms with Gasteiger partial charge in [-0.3, -0.25) is 14.3 Å². The number of thioether (sulfide) groups is 1. The van der Waals surface area contributed by atoms with E-state index in [9.17, 15) is 4.79 Å². The van der Waals surface area contributed by atoms with E-state index in [-0.39, 0.29) is 11.9 Å². The molecular weight excluding hydrogens is 406 g/mol. The lowest BCUT2D eigenvalue weighted by molar-refractivity contribution is -0.116. The van der Waals surface area contributed by atoms with Crippen LogP contribution in [0.15, 0.2) is 65.8 Å². The van der Waals surface area contributed by atoms with E-state index in [0.29, 0.717) is 5.75 Å². The Kier molecular flexibility index (Phi) is 7.04. The Labute approximate surface area is 188 Å². The Morgan fingerprint density at radius 2 is 1.65 bits per heavy atom. The molecule has 31 heavy (non-hydrogen) atoms. The van der Waals surface area contributed by atoms with Crippen molar-refractivity contribution < 1.29 is 4.79 Å². The Morgan fingerprint density at radius 3 is 2.29 bits per heavy atom. The Hall–Kier alpha value is -2.64. The summed E-state index contributed by atoms with van der Waals surface area (Å²) in [5, 5.41) is 9.71. The molecule has 162 valence electrons. The van der Waals surface area contributed by atoms with Crippen molar-refractivity contribution in [2.24, 2.45) is 0 Å². The van der Waals surface area contributed by atoms with Gasteiger partial charge in [0.2, 0.25) is 5.91 Å². The van der Waals surface area contributed by atoms with Crippen LogP contribution in [0.25, 0.3) is 5.69 Å². The van der Waals surface area contributed by atoms with Gasteiger partial charge in [0, 0.05) is 17.4 Å². The third-order valence-corrected chi connectivity index (χ3v) is 6.34. The fraction of sp³-hybridized carbons (Fsp3) is 0.375. The first-order valence-electron chi connectivity index (χ1n) is 10.9. The number of likely N-dealkylation sites (tertiary alicyclic amines) is 1. The van der Waals surface area contributed by atoms with E-state index < -0.39 is 0 Å². The molecule has 4 rings (SSSR count). The zero-order valence-electron chi connectivity index (χ0n) is 18.1. The molecule has 0 unspecified atom stereocenters. The van der Waals surface area contributed by atoms with E-state index in [1.165, 1.54) is 24.6 Å². The number of carbonyl (C=O) groups is 1. The van der Waals surface area contributed by atoms with Crippen molar-refractivity contribution >= 4 is 23.4 Å². The predicted octanol–water partition coefficient (Wildman–Crippen LogP) is 4.40. The minimum Gasteiger partial charge on any atom is -0.309 e. The molecule has 1 aliphatic rings. The van der Waals surface area contributed by atoms with E-state index >= 15 is 0 Å². The molecule has 1 aromatic heterocycles. The molecule has 1 fully saturated rings. The van der Waals surface area contributed by atoms with Crippen molar-refractivity contribution in [3.63, 3.8) is 0 Å². The Balaban J connectivity index is 1.55. The maximum absolute atomic E-state index is 13.1. The van der Waals surface area contributed by atoms with Gasteiger partial charge in [0.25, 0.3) is 0 Å². The molecule has 2 aromatic carbocycles. The number of amides is 1. The van der Waals surface area contributed by atoms with Crippen molar-refractivity contribution in [3.8, 4) is 5.69 Å². The average molecular weight is 436 g/mol. The van der Waals surface area contributed by atoms with Gasteiger partial charge in [0.1, 0.15) is 0 Å². The third kappa shape index (κ3) is 5.17. The minimum atomic E-state index is 0.0647. The highest BCUT2D eigenvalue weighted by Crippen LogP contribution is 2.25. The molecule has 0 aliphatic carbocycles. The summed E-state index contributed by atoms with van der Waals surface area (Å²) < 4.78 is 2.10. The SMILES string of the molecule is CC(C)N(C(=O)CSc1nnc(CN2CCCC2)n1-c1ccccc1)c1ccccc1. The van der Waals surface area contributed by atoms with Crippen molar-refractivity contribution in [2.45, 2.75) is 44.4 Å². The summed E-state index contributed by atoms with van der Waals surface area (Å²) in [6.45, 7) is 7.05. The first-order valence-corrected chi connectivity index (χ1v) is 11.8. The van der Waals surface area contributed by atoms with Crippen molar-refractivity contribution in [1.29, 1.82) is 0 Å². The summed E-state index contributed by atoms with van der Waals surface area (Å²) >= 11 is 1.45. The Morgan fingerprint density at radius 1 is 1.00 bits per heavy atom. The standard InChI is InChI=1S/C24H29N5OS/c1-19(2)28(20-11-5-3-6-12-20)23(30)18-31-24-26-25-22(17-27-15-9-10-16-27)29(24)21-13-7-4-8-14-21/h3-8,11-14,19H,9-10,15-18H2,1-2H3. The molecule has 1 amide bonds. The topological polar surface area (TPSA) is 54.3 Å². The van der Waals surface area contributed by atoms with Gasteiger partial charge in [-0.2, -0.15) is 0 Å². The van der Waals surface area contributed by atoms with E-state index in [1.807, 2.05) is 67.3 Å². The van der Waals surface area contributed by atoms with E-state index in [4.69, 9.17) is 0 Å². The molecule has 0 spiro atoms. The van der Waals surface area contributed by atoms with Crippen LogP contribution in [0.1, 0.15) is 32.5 Å². The number of nitrogens with zero attached hydrogens (tertiary/aromatic N) is 5. The highest BCUT2D eigenvalue weighted by molar-refractivity contribution is 7.99. The van der Waals surface area contributed by atoms with Crippen LogP contribution < -0.4 is 4.90 Å². The van der Waals surface area contributed by atoms with Crippen LogP contribution in [-0.4, -0.2) is 50.5 Å². The van der Waals surface area contributed by atoms with Crippen LogP contribution in [0.3, 0.4) is 0 Å². The lowest BCUT2D eigenvalue weighted by atomic mass is 10.2. The van der Waals surface area contributed by atoms with Crippen LogP contribution >= 0.6 is 11.8 Å². The number of para-hydroxylation sites is 2. The average Bonchev–Trinajstić information content (AvgIpc) is 3.44. The highest BCUT2D eigenvalue weighted by atomic mass is 32.2. The van der Waals surface area contributed by atoms with E-state index in [1.54, 1.807) is 0 Å². The van der Waals surface area contributed by atoms with E-state index in [2.05, 4.69) is 31.8 Å². The fourth-order valence-corrected chi connectivity index (χ4v) is 4.82. The molecule has 1 saturated heterocycles. The zero-order chi connectivity index (χ0) is 21.6. The molecular formula is C24H29N5OS. The summed E-state index contributed by atoms with van der Waals surface area (Å²) in [6, 6.07) is 20.1. The van der Waals surface area contributed by atoms with Gasteiger partial charge in [-0.25, -0.2) is 0 Å². The molecule has 1 aliphatic heterocycles. The third-order valence-electron chi connectivity index (χ3n) is 5.42. The van der Waals surface area contributed by atoms with Crippen molar-refractivity contribution in [2.75, 3.05) is 23.7 Å². The number of hydrogen-bond donors (Lipinski definition) is 0. The van der Waals surface area contributed by atoms with Crippen LogP contribution in [-0.2, 0) is 11.3 Å². The minimum absolute atomic E-state index is 0.0647. The lowest BCUT2D eigenvalue weighted by Crippen LogP contribution is -2.38. The lowest BCUT2D eigenvalue weighted by Gasteiger charge is -2.26. The van der Waals surface area contributed by atoms with Crippen LogP contribution in [0.5, 0.6) is 0 Å². The number of aromatic nitrogens is 3. The monoisotopic (exact) mass is 435 g/mol. The predicted molar refractivity (Wildman–Crippen MR) is 126 cm³/mol. The first-order chi connectivity index (χ1) is 15.1. The molecule has 0 radical (unpaired) electrons. The fourth-order valence-electron chi connectivity index (χ4n) is 3.99. The van der Waals surface area contributed by atoms with Crippen LogP contribution in [0.4, 0.5) is 5.69 Å². The summed E-state index contributed by atoms with van der Waals surface area (Å²) in [6.07, 6.45) is 2.47.